The van der Waals surface area contributed by atoms with Gasteiger partial charge in [-0.2, -0.15) is 0 Å². The van der Waals surface area contributed by atoms with E-state index >= 15 is 0 Å². The third kappa shape index (κ3) is 4.85. The first-order chi connectivity index (χ1) is 13.3. The molecule has 0 atom stereocenters. The van der Waals surface area contributed by atoms with Crippen LogP contribution in [0.3, 0.4) is 0 Å². The maximum absolute atomic E-state index is 12.9. The van der Waals surface area contributed by atoms with Crippen molar-refractivity contribution in [3.63, 3.8) is 0 Å². The van der Waals surface area contributed by atoms with E-state index in [1.54, 1.807) is 9.80 Å². The van der Waals surface area contributed by atoms with E-state index in [2.05, 4.69) is 20.8 Å². The van der Waals surface area contributed by atoms with Crippen LogP contribution in [0.15, 0.2) is 0 Å². The molecule has 0 unspecified atom stereocenters. The molecule has 3 rings (SSSR count). The SMILES string of the molecule is CC(C)(C)C1CCC(C(=O)N2CCN(C(=O)C(=O)N3CCOCC3)CC2)CC1. The molecule has 7 nitrogen and oxygen atoms in total. The molecular weight excluding hydrogens is 358 g/mol. The lowest BCUT2D eigenvalue weighted by atomic mass is 9.69. The van der Waals surface area contributed by atoms with Gasteiger partial charge in [-0.1, -0.05) is 20.8 Å². The Morgan fingerprint density at radius 1 is 0.714 bits per heavy atom. The molecular formula is C21H35N3O4. The van der Waals surface area contributed by atoms with Gasteiger partial charge >= 0.3 is 11.8 Å². The molecule has 7 heteroatoms. The summed E-state index contributed by atoms with van der Waals surface area (Å²) in [6.07, 6.45) is 4.17. The normalized spacial score (nSPS) is 26.9. The molecule has 0 aromatic rings. The van der Waals surface area contributed by atoms with Crippen molar-refractivity contribution in [3.05, 3.63) is 0 Å². The summed E-state index contributed by atoms with van der Waals surface area (Å²) in [6.45, 7) is 10.7. The second-order valence-corrected chi connectivity index (χ2v) is 9.44. The van der Waals surface area contributed by atoms with Crippen LogP contribution in [0.25, 0.3) is 0 Å². The number of amides is 3. The third-order valence-electron chi connectivity index (χ3n) is 6.66. The minimum Gasteiger partial charge on any atom is -0.378 e. The molecule has 158 valence electrons. The smallest absolute Gasteiger partial charge is 0.312 e. The topological polar surface area (TPSA) is 70.2 Å². The van der Waals surface area contributed by atoms with E-state index in [9.17, 15) is 14.4 Å². The van der Waals surface area contributed by atoms with Gasteiger partial charge in [-0.05, 0) is 37.0 Å². The third-order valence-corrected chi connectivity index (χ3v) is 6.66. The lowest BCUT2D eigenvalue weighted by Crippen LogP contribution is -2.56. The number of carbonyl (C=O) groups is 3. The molecule has 3 aliphatic rings. The van der Waals surface area contributed by atoms with Gasteiger partial charge in [0.25, 0.3) is 0 Å². The predicted octanol–water partition coefficient (Wildman–Crippen LogP) is 1.37. The Morgan fingerprint density at radius 2 is 1.18 bits per heavy atom. The average Bonchev–Trinajstić information content (AvgIpc) is 2.72. The number of rotatable bonds is 1. The molecule has 28 heavy (non-hydrogen) atoms. The van der Waals surface area contributed by atoms with Gasteiger partial charge in [-0.3, -0.25) is 14.4 Å². The van der Waals surface area contributed by atoms with Crippen LogP contribution < -0.4 is 0 Å². The van der Waals surface area contributed by atoms with Crippen LogP contribution in [0.1, 0.15) is 46.5 Å². The first kappa shape index (κ1) is 21.1. The summed E-state index contributed by atoms with van der Waals surface area (Å²) in [7, 11) is 0. The second-order valence-electron chi connectivity index (χ2n) is 9.44. The lowest BCUT2D eigenvalue weighted by Gasteiger charge is -2.40. The number of carbonyl (C=O) groups excluding carboxylic acids is 3. The number of ether oxygens (including phenoxy) is 1. The largest absolute Gasteiger partial charge is 0.378 e. The fourth-order valence-electron chi connectivity index (χ4n) is 4.63. The van der Waals surface area contributed by atoms with Crippen LogP contribution in [0.2, 0.25) is 0 Å². The zero-order chi connectivity index (χ0) is 20.3. The summed E-state index contributed by atoms with van der Waals surface area (Å²) >= 11 is 0. The fraction of sp³-hybridized carbons (Fsp3) is 0.857. The van der Waals surface area contributed by atoms with Crippen LogP contribution in [-0.4, -0.2) is 84.9 Å². The molecule has 1 saturated carbocycles. The van der Waals surface area contributed by atoms with Gasteiger partial charge in [0.05, 0.1) is 13.2 Å². The number of hydrogen-bond acceptors (Lipinski definition) is 4. The van der Waals surface area contributed by atoms with Gasteiger partial charge in [0.15, 0.2) is 0 Å². The summed E-state index contributed by atoms with van der Waals surface area (Å²) in [4.78, 5) is 42.8. The highest BCUT2D eigenvalue weighted by molar-refractivity contribution is 6.34. The van der Waals surface area contributed by atoms with E-state index < -0.39 is 11.8 Å². The van der Waals surface area contributed by atoms with E-state index in [4.69, 9.17) is 4.74 Å². The molecule has 0 bridgehead atoms. The Balaban J connectivity index is 1.45. The van der Waals surface area contributed by atoms with Crippen molar-refractivity contribution >= 4 is 17.7 Å². The molecule has 2 aliphatic heterocycles. The van der Waals surface area contributed by atoms with Gasteiger partial charge in [0.1, 0.15) is 0 Å². The maximum Gasteiger partial charge on any atom is 0.312 e. The van der Waals surface area contributed by atoms with Crippen molar-refractivity contribution in [2.24, 2.45) is 17.3 Å². The molecule has 0 aromatic heterocycles. The van der Waals surface area contributed by atoms with Crippen LogP contribution in [-0.2, 0) is 19.1 Å². The van der Waals surface area contributed by atoms with E-state index in [-0.39, 0.29) is 11.8 Å². The molecule has 1 aliphatic carbocycles. The van der Waals surface area contributed by atoms with Gasteiger partial charge in [0, 0.05) is 45.2 Å². The molecule has 3 fully saturated rings. The van der Waals surface area contributed by atoms with Crippen LogP contribution in [0.4, 0.5) is 0 Å². The zero-order valence-corrected chi connectivity index (χ0v) is 17.6. The first-order valence-corrected chi connectivity index (χ1v) is 10.7. The minimum absolute atomic E-state index is 0.121. The van der Waals surface area contributed by atoms with Crippen molar-refractivity contribution in [3.8, 4) is 0 Å². The summed E-state index contributed by atoms with van der Waals surface area (Å²) in [5, 5.41) is 0. The van der Waals surface area contributed by atoms with Gasteiger partial charge < -0.3 is 19.4 Å². The highest BCUT2D eigenvalue weighted by atomic mass is 16.5. The average molecular weight is 394 g/mol. The van der Waals surface area contributed by atoms with Gasteiger partial charge in [0.2, 0.25) is 5.91 Å². The van der Waals surface area contributed by atoms with Crippen molar-refractivity contribution in [1.82, 2.24) is 14.7 Å². The van der Waals surface area contributed by atoms with E-state index in [0.29, 0.717) is 63.8 Å². The van der Waals surface area contributed by atoms with E-state index in [1.807, 2.05) is 4.90 Å². The standard InChI is InChI=1S/C21H35N3O4/c1-21(2,3)17-6-4-16(5-7-17)18(25)22-8-10-23(11-9-22)19(26)20(27)24-12-14-28-15-13-24/h16-17H,4-15H2,1-3H3. The van der Waals surface area contributed by atoms with Gasteiger partial charge in [-0.15, -0.1) is 0 Å². The molecule has 2 saturated heterocycles. The Morgan fingerprint density at radius 3 is 1.68 bits per heavy atom. The van der Waals surface area contributed by atoms with Crippen LogP contribution in [0.5, 0.6) is 0 Å². The quantitative estimate of drug-likeness (QED) is 0.631. The van der Waals surface area contributed by atoms with Crippen LogP contribution >= 0.6 is 0 Å². The van der Waals surface area contributed by atoms with Gasteiger partial charge in [-0.25, -0.2) is 0 Å². The zero-order valence-electron chi connectivity index (χ0n) is 17.6. The minimum atomic E-state index is -0.445. The molecule has 3 amide bonds. The molecule has 2 heterocycles. The number of piperazine rings is 1. The Bertz CT molecular complexity index is 579. The molecule has 0 N–H and O–H groups in total. The summed E-state index contributed by atoms with van der Waals surface area (Å²) < 4.78 is 5.24. The van der Waals surface area contributed by atoms with Crippen molar-refractivity contribution in [2.45, 2.75) is 46.5 Å². The Labute approximate surface area is 168 Å². The Kier molecular flexibility index (Phi) is 6.63. The van der Waals surface area contributed by atoms with Crippen LogP contribution in [0, 0.1) is 17.3 Å². The highest BCUT2D eigenvalue weighted by Crippen LogP contribution is 2.40. The molecule has 0 radical (unpaired) electrons. The fourth-order valence-corrected chi connectivity index (χ4v) is 4.63. The summed E-state index contributed by atoms with van der Waals surface area (Å²) in [5.74, 6) is 0.162. The number of nitrogens with zero attached hydrogens (tertiary/aromatic N) is 3. The highest BCUT2D eigenvalue weighted by Gasteiger charge is 2.36. The Hall–Kier alpha value is -1.63. The second kappa shape index (κ2) is 8.80. The van der Waals surface area contributed by atoms with E-state index in [0.717, 1.165) is 25.7 Å². The maximum atomic E-state index is 12.9. The van der Waals surface area contributed by atoms with E-state index in [1.165, 1.54) is 0 Å². The van der Waals surface area contributed by atoms with Crippen molar-refractivity contribution in [1.29, 1.82) is 0 Å². The lowest BCUT2D eigenvalue weighted by molar-refractivity contribution is -0.156. The number of hydrogen-bond donors (Lipinski definition) is 0. The summed E-state index contributed by atoms with van der Waals surface area (Å²) in [6, 6.07) is 0. The van der Waals surface area contributed by atoms with Crippen molar-refractivity contribution in [2.75, 3.05) is 52.5 Å². The number of morpholine rings is 1. The summed E-state index contributed by atoms with van der Waals surface area (Å²) in [5.41, 5.74) is 0.313. The predicted molar refractivity (Wildman–Crippen MR) is 105 cm³/mol. The molecule has 0 spiro atoms. The van der Waals surface area contributed by atoms with Crippen molar-refractivity contribution < 1.29 is 19.1 Å². The molecule has 0 aromatic carbocycles. The monoisotopic (exact) mass is 393 g/mol. The first-order valence-electron chi connectivity index (χ1n) is 10.7.